The van der Waals surface area contributed by atoms with Gasteiger partial charge in [-0.05, 0) is 69.7 Å². The molecule has 2 fully saturated rings. The van der Waals surface area contributed by atoms with Gasteiger partial charge < -0.3 is 25.2 Å². The molecule has 0 unspecified atom stereocenters. The zero-order valence-corrected chi connectivity index (χ0v) is 22.1. The van der Waals surface area contributed by atoms with Crippen LogP contribution in [0.4, 0.5) is 21.9 Å². The number of nitriles is 1. The molecule has 0 radical (unpaired) electrons. The highest BCUT2D eigenvalue weighted by atomic mass is 16.5. The van der Waals surface area contributed by atoms with Gasteiger partial charge in [0.15, 0.2) is 0 Å². The van der Waals surface area contributed by atoms with Crippen LogP contribution in [0, 0.1) is 36.5 Å². The highest BCUT2D eigenvalue weighted by molar-refractivity contribution is 5.97. The summed E-state index contributed by atoms with van der Waals surface area (Å²) in [6, 6.07) is 12.3. The van der Waals surface area contributed by atoms with Crippen molar-refractivity contribution < 1.29 is 14.3 Å². The molecule has 8 heteroatoms. The van der Waals surface area contributed by atoms with Crippen molar-refractivity contribution in [2.24, 2.45) is 11.3 Å². The monoisotopic (exact) mass is 501 g/mol. The van der Waals surface area contributed by atoms with Gasteiger partial charge in [-0.25, -0.2) is 4.79 Å². The van der Waals surface area contributed by atoms with Crippen molar-refractivity contribution in [2.75, 3.05) is 35.7 Å². The summed E-state index contributed by atoms with van der Waals surface area (Å²) in [5.74, 6) is 0.708. The highest BCUT2D eigenvalue weighted by Gasteiger charge is 2.42. The molecular formula is C29H35N5O3. The molecular weight excluding hydrogens is 466 g/mol. The van der Waals surface area contributed by atoms with Crippen molar-refractivity contribution in [1.82, 2.24) is 4.90 Å². The van der Waals surface area contributed by atoms with E-state index in [9.17, 15) is 14.9 Å². The van der Waals surface area contributed by atoms with Crippen molar-refractivity contribution >= 4 is 29.0 Å². The van der Waals surface area contributed by atoms with E-state index in [4.69, 9.17) is 4.74 Å². The number of rotatable bonds is 5. The molecule has 5 rings (SSSR count). The van der Waals surface area contributed by atoms with Gasteiger partial charge in [0, 0.05) is 42.4 Å². The number of hydrogen-bond acceptors (Lipinski definition) is 5. The predicted molar refractivity (Wildman–Crippen MR) is 144 cm³/mol. The standard InChI is InChI=1S/C29H35N5O3/c1-18-6-12-24(33-16-29(3,15-30)17-33)26-23(18)14-34(28(36)32-26)22-10-7-20(8-11-22)27(35)31-21-9-5-19(2)25(13-21)37-4/h5-6,9,12-13,20,22H,7-8,10-11,14,16-17H2,1-4H3,(H,31,35)(H,32,36). The Balaban J connectivity index is 1.23. The fourth-order valence-corrected chi connectivity index (χ4v) is 5.89. The molecule has 37 heavy (non-hydrogen) atoms. The molecule has 2 N–H and O–H groups in total. The van der Waals surface area contributed by atoms with E-state index in [2.05, 4.69) is 40.7 Å². The number of anilines is 3. The third-order valence-electron chi connectivity index (χ3n) is 8.22. The molecule has 8 nitrogen and oxygen atoms in total. The average Bonchev–Trinajstić information content (AvgIpc) is 2.88. The number of fused-ring (bicyclic) bond motifs is 1. The van der Waals surface area contributed by atoms with E-state index < -0.39 is 0 Å². The van der Waals surface area contributed by atoms with Crippen molar-refractivity contribution in [3.63, 3.8) is 0 Å². The Kier molecular flexibility index (Phi) is 6.49. The molecule has 2 heterocycles. The number of aryl methyl sites for hydroxylation is 2. The summed E-state index contributed by atoms with van der Waals surface area (Å²) in [7, 11) is 1.63. The van der Waals surface area contributed by atoms with Crippen molar-refractivity contribution in [3.8, 4) is 11.8 Å². The van der Waals surface area contributed by atoms with Crippen LogP contribution >= 0.6 is 0 Å². The number of carbonyl (C=O) groups is 2. The van der Waals surface area contributed by atoms with E-state index in [-0.39, 0.29) is 29.3 Å². The number of benzene rings is 2. The lowest BCUT2D eigenvalue weighted by molar-refractivity contribution is -0.121. The molecule has 2 aromatic carbocycles. The lowest BCUT2D eigenvalue weighted by Gasteiger charge is -2.47. The smallest absolute Gasteiger partial charge is 0.322 e. The first-order valence-corrected chi connectivity index (χ1v) is 13.0. The van der Waals surface area contributed by atoms with E-state index in [1.807, 2.05) is 36.9 Å². The molecule has 194 valence electrons. The van der Waals surface area contributed by atoms with Gasteiger partial charge in [-0.15, -0.1) is 0 Å². The highest BCUT2D eigenvalue weighted by Crippen LogP contribution is 2.43. The summed E-state index contributed by atoms with van der Waals surface area (Å²) in [4.78, 5) is 30.3. The molecule has 2 aromatic rings. The van der Waals surface area contributed by atoms with Gasteiger partial charge >= 0.3 is 6.03 Å². The predicted octanol–water partition coefficient (Wildman–Crippen LogP) is 5.21. The third kappa shape index (κ3) is 4.71. The van der Waals surface area contributed by atoms with Crippen molar-refractivity contribution in [2.45, 2.75) is 59.0 Å². The first kappa shape index (κ1) is 24.9. The molecule has 3 aliphatic rings. The second-order valence-electron chi connectivity index (χ2n) is 11.0. The molecule has 0 bridgehead atoms. The van der Waals surface area contributed by atoms with Crippen LogP contribution < -0.4 is 20.3 Å². The number of methoxy groups -OCH3 is 1. The normalized spacial score (nSPS) is 22.3. The van der Waals surface area contributed by atoms with Crippen molar-refractivity contribution in [1.29, 1.82) is 5.26 Å². The third-order valence-corrected chi connectivity index (χ3v) is 8.22. The van der Waals surface area contributed by atoms with E-state index in [0.29, 0.717) is 19.6 Å². The van der Waals surface area contributed by atoms with Crippen molar-refractivity contribution in [3.05, 3.63) is 47.0 Å². The number of hydrogen-bond donors (Lipinski definition) is 2. The van der Waals surface area contributed by atoms with Crippen LogP contribution in [0.15, 0.2) is 30.3 Å². The zero-order valence-electron chi connectivity index (χ0n) is 22.1. The molecule has 0 spiro atoms. The number of nitrogens with zero attached hydrogens (tertiary/aromatic N) is 3. The summed E-state index contributed by atoms with van der Waals surface area (Å²) in [5, 5.41) is 15.6. The Bertz CT molecular complexity index is 1270. The second-order valence-corrected chi connectivity index (χ2v) is 11.0. The SMILES string of the molecule is COc1cc(NC(=O)C2CCC(N3Cc4c(C)ccc(N5CC(C)(C#N)C5)c4NC3=O)CC2)ccc1C. The Morgan fingerprint density at radius 3 is 2.51 bits per heavy atom. The van der Waals surface area contributed by atoms with Gasteiger partial charge in [0.2, 0.25) is 5.91 Å². The Labute approximate surface area is 218 Å². The fraction of sp³-hybridized carbons (Fsp3) is 0.483. The van der Waals surface area contributed by atoms with Gasteiger partial charge in [-0.3, -0.25) is 4.79 Å². The minimum atomic E-state index is -0.334. The van der Waals surface area contributed by atoms with Crippen LogP contribution in [0.3, 0.4) is 0 Å². The number of ether oxygens (including phenoxy) is 1. The quantitative estimate of drug-likeness (QED) is 0.586. The van der Waals surface area contributed by atoms with E-state index in [1.54, 1.807) is 7.11 Å². The average molecular weight is 502 g/mol. The largest absolute Gasteiger partial charge is 0.496 e. The number of amides is 3. The lowest BCUT2D eigenvalue weighted by atomic mass is 9.82. The molecule has 1 aliphatic carbocycles. The summed E-state index contributed by atoms with van der Waals surface area (Å²) in [5.41, 5.74) is 5.58. The fourth-order valence-electron chi connectivity index (χ4n) is 5.89. The minimum absolute atomic E-state index is 0.0252. The Morgan fingerprint density at radius 1 is 1.14 bits per heavy atom. The molecule has 1 saturated heterocycles. The maximum Gasteiger partial charge on any atom is 0.322 e. The van der Waals surface area contributed by atoms with Gasteiger partial charge in [0.25, 0.3) is 0 Å². The summed E-state index contributed by atoms with van der Waals surface area (Å²) < 4.78 is 5.37. The van der Waals surface area contributed by atoms with Crippen LogP contribution in [0.1, 0.15) is 49.3 Å². The van der Waals surface area contributed by atoms with Crippen LogP contribution in [0.2, 0.25) is 0 Å². The molecule has 3 amide bonds. The van der Waals surface area contributed by atoms with Gasteiger partial charge in [0.05, 0.1) is 36.5 Å². The number of carbonyl (C=O) groups excluding carboxylic acids is 2. The molecule has 0 aromatic heterocycles. The van der Waals surface area contributed by atoms with Crippen LogP contribution in [-0.4, -0.2) is 43.1 Å². The maximum absolute atomic E-state index is 13.2. The second kappa shape index (κ2) is 9.62. The molecule has 0 atom stereocenters. The van der Waals surface area contributed by atoms with E-state index in [1.165, 1.54) is 0 Å². The first-order chi connectivity index (χ1) is 17.7. The summed E-state index contributed by atoms with van der Waals surface area (Å²) in [6.45, 7) is 7.92. The summed E-state index contributed by atoms with van der Waals surface area (Å²) >= 11 is 0. The van der Waals surface area contributed by atoms with Crippen LogP contribution in [-0.2, 0) is 11.3 Å². The number of urea groups is 1. The van der Waals surface area contributed by atoms with Gasteiger partial charge in [0.1, 0.15) is 5.75 Å². The van der Waals surface area contributed by atoms with Gasteiger partial charge in [-0.2, -0.15) is 5.26 Å². The van der Waals surface area contributed by atoms with E-state index in [0.717, 1.165) is 65.2 Å². The maximum atomic E-state index is 13.2. The Morgan fingerprint density at radius 2 is 1.84 bits per heavy atom. The summed E-state index contributed by atoms with van der Waals surface area (Å²) in [6.07, 6.45) is 3.08. The zero-order chi connectivity index (χ0) is 26.3. The number of nitrogens with one attached hydrogen (secondary N) is 2. The minimum Gasteiger partial charge on any atom is -0.496 e. The lowest BCUT2D eigenvalue weighted by Crippen LogP contribution is -2.54. The Hall–Kier alpha value is -3.73. The molecule has 1 saturated carbocycles. The first-order valence-electron chi connectivity index (χ1n) is 13.0. The van der Waals surface area contributed by atoms with Gasteiger partial charge in [-0.1, -0.05) is 12.1 Å². The van der Waals surface area contributed by atoms with Crippen LogP contribution in [0.5, 0.6) is 5.75 Å². The molecule has 2 aliphatic heterocycles. The van der Waals surface area contributed by atoms with Crippen LogP contribution in [0.25, 0.3) is 0 Å². The topological polar surface area (TPSA) is 97.7 Å². The van der Waals surface area contributed by atoms with E-state index >= 15 is 0 Å².